The number of rotatable bonds is 5. The molecule has 0 aliphatic rings. The molecule has 5 aromatic carbocycles. The van der Waals surface area contributed by atoms with E-state index in [1.807, 2.05) is 85.1 Å². The molecule has 7 aromatic rings. The third-order valence-corrected chi connectivity index (χ3v) is 9.35. The number of pyridine rings is 1. The van der Waals surface area contributed by atoms with Crippen LogP contribution in [0, 0.1) is 11.3 Å². The monoisotopic (exact) mass is 652 g/mol. The molecular weight excluding hydrogens is 613 g/mol. The lowest BCUT2D eigenvalue weighted by atomic mass is 9.79. The van der Waals surface area contributed by atoms with Crippen molar-refractivity contribution in [3.05, 3.63) is 138 Å². The summed E-state index contributed by atoms with van der Waals surface area (Å²) in [6, 6.07) is 41.2. The number of H-pyrrole nitrogens is 1. The van der Waals surface area contributed by atoms with Crippen molar-refractivity contribution in [2.75, 3.05) is 0 Å². The largest absolute Gasteiger partial charge is 0.507 e. The number of hydrogen-bond acceptors (Lipinski definition) is 4. The van der Waals surface area contributed by atoms with Crippen LogP contribution in [-0.4, -0.2) is 20.1 Å². The number of hydrogen-bond donors (Lipinski definition) is 2. The number of phenols is 1. The van der Waals surface area contributed by atoms with Gasteiger partial charge in [0.05, 0.1) is 27.9 Å². The number of para-hydroxylation sites is 1. The molecular formula is C45H40N4O. The summed E-state index contributed by atoms with van der Waals surface area (Å²) in [6.07, 6.45) is 1.84. The predicted octanol–water partition coefficient (Wildman–Crippen LogP) is 11.5. The van der Waals surface area contributed by atoms with E-state index in [-0.39, 0.29) is 16.6 Å². The van der Waals surface area contributed by atoms with Gasteiger partial charge in [0.2, 0.25) is 0 Å². The summed E-state index contributed by atoms with van der Waals surface area (Å²) < 4.78 is 0. The highest BCUT2D eigenvalue weighted by molar-refractivity contribution is 5.98. The molecule has 5 nitrogen and oxygen atoms in total. The van der Waals surface area contributed by atoms with Crippen LogP contribution < -0.4 is 0 Å². The van der Waals surface area contributed by atoms with Crippen LogP contribution in [0.25, 0.3) is 67.1 Å². The summed E-state index contributed by atoms with van der Waals surface area (Å²) >= 11 is 0. The van der Waals surface area contributed by atoms with Gasteiger partial charge in [-0.25, -0.2) is 4.98 Å². The molecule has 0 amide bonds. The quantitative estimate of drug-likeness (QED) is 0.194. The summed E-state index contributed by atoms with van der Waals surface area (Å²) in [7, 11) is 0. The predicted molar refractivity (Wildman–Crippen MR) is 205 cm³/mol. The zero-order valence-corrected chi connectivity index (χ0v) is 29.3. The molecule has 2 heterocycles. The number of imidazole rings is 1. The number of nitriles is 1. The second-order valence-corrected chi connectivity index (χ2v) is 14.9. The molecule has 7 rings (SSSR count). The first-order chi connectivity index (χ1) is 23.9. The van der Waals surface area contributed by atoms with Crippen molar-refractivity contribution in [2.24, 2.45) is 0 Å². The lowest BCUT2D eigenvalue weighted by Gasteiger charge is -2.27. The van der Waals surface area contributed by atoms with Gasteiger partial charge in [0, 0.05) is 34.0 Å². The fourth-order valence-corrected chi connectivity index (χ4v) is 6.57. The summed E-state index contributed by atoms with van der Waals surface area (Å²) in [5, 5.41) is 22.4. The Bertz CT molecular complexity index is 2400. The minimum atomic E-state index is -0.279. The van der Waals surface area contributed by atoms with Crippen molar-refractivity contribution in [3.8, 4) is 67.8 Å². The topological polar surface area (TPSA) is 85.6 Å². The number of aromatic hydroxyl groups is 1. The third-order valence-electron chi connectivity index (χ3n) is 9.35. The lowest BCUT2D eigenvalue weighted by Crippen LogP contribution is -2.17. The Labute approximate surface area is 294 Å². The van der Waals surface area contributed by atoms with Gasteiger partial charge in [0.1, 0.15) is 17.6 Å². The van der Waals surface area contributed by atoms with Gasteiger partial charge < -0.3 is 10.1 Å². The normalized spacial score (nSPS) is 11.9. The fraction of sp³-hybridized carbons (Fsp3) is 0.178. The molecule has 246 valence electrons. The molecule has 50 heavy (non-hydrogen) atoms. The van der Waals surface area contributed by atoms with Gasteiger partial charge >= 0.3 is 0 Å². The maximum absolute atomic E-state index is 11.7. The van der Waals surface area contributed by atoms with E-state index in [4.69, 9.17) is 9.97 Å². The molecule has 0 saturated carbocycles. The number of aromatic amines is 1. The number of aromatic nitrogens is 3. The number of nitrogens with zero attached hydrogens (tertiary/aromatic N) is 3. The van der Waals surface area contributed by atoms with Gasteiger partial charge in [-0.2, -0.15) is 5.26 Å². The van der Waals surface area contributed by atoms with Gasteiger partial charge in [-0.1, -0.05) is 120 Å². The summed E-state index contributed by atoms with van der Waals surface area (Å²) in [5.41, 5.74) is 11.6. The van der Waals surface area contributed by atoms with E-state index in [0.717, 1.165) is 66.8 Å². The molecule has 0 spiro atoms. The maximum atomic E-state index is 11.7. The lowest BCUT2D eigenvalue weighted by molar-refractivity contribution is 0.446. The highest BCUT2D eigenvalue weighted by Gasteiger charge is 2.27. The SMILES string of the molecule is CC(C)(C)c1cc(-c2nc3cccc(-c4cc(-c5cc(-c6ccccc6)ccn5)cc(-c5ccccc5)c4C#N)c3[nH]2)c(O)c(C(C)(C)C)c1. The molecule has 0 saturated heterocycles. The first-order valence-corrected chi connectivity index (χ1v) is 17.0. The number of phenolic OH excluding ortho intramolecular Hbond substituents is 1. The highest BCUT2D eigenvalue weighted by Crippen LogP contribution is 2.43. The molecule has 0 radical (unpaired) electrons. The van der Waals surface area contributed by atoms with Gasteiger partial charge in [0.15, 0.2) is 0 Å². The molecule has 0 aliphatic carbocycles. The number of benzene rings is 5. The van der Waals surface area contributed by atoms with Gasteiger partial charge in [-0.05, 0) is 69.5 Å². The van der Waals surface area contributed by atoms with Crippen LogP contribution in [0.15, 0.2) is 121 Å². The standard InChI is InChI=1S/C45H40N4O/c1-44(2,3)32-25-36(42(50)38(26-32)45(4,5)6)43-48-39-19-13-18-33(41(39)49-43)35-23-31(22-34(37(35)27-46)29-16-11-8-12-17-29)40-24-30(20-21-47-40)28-14-9-7-10-15-28/h7-26,50H,1-6H3,(H,48,49). The van der Waals surface area contributed by atoms with E-state index >= 15 is 0 Å². The molecule has 2 aromatic heterocycles. The van der Waals surface area contributed by atoms with Crippen LogP contribution in [0.3, 0.4) is 0 Å². The Morgan fingerprint density at radius 1 is 0.620 bits per heavy atom. The second kappa shape index (κ2) is 12.5. The molecule has 0 unspecified atom stereocenters. The van der Waals surface area contributed by atoms with Crippen LogP contribution in [0.2, 0.25) is 0 Å². The minimum absolute atomic E-state index is 0.137. The summed E-state index contributed by atoms with van der Waals surface area (Å²) in [5.74, 6) is 0.804. The Hall–Kier alpha value is -5.99. The van der Waals surface area contributed by atoms with E-state index < -0.39 is 0 Å². The third kappa shape index (κ3) is 6.06. The van der Waals surface area contributed by atoms with Crippen LogP contribution in [0.4, 0.5) is 0 Å². The van der Waals surface area contributed by atoms with Crippen molar-refractivity contribution in [2.45, 2.75) is 52.4 Å². The summed E-state index contributed by atoms with van der Waals surface area (Å²) in [6.45, 7) is 12.9. The van der Waals surface area contributed by atoms with Gasteiger partial charge in [-0.3, -0.25) is 4.98 Å². The first kappa shape index (κ1) is 32.6. The average molecular weight is 653 g/mol. The smallest absolute Gasteiger partial charge is 0.142 e. The molecule has 2 N–H and O–H groups in total. The fourth-order valence-electron chi connectivity index (χ4n) is 6.57. The van der Waals surface area contributed by atoms with E-state index in [1.165, 1.54) is 0 Å². The summed E-state index contributed by atoms with van der Waals surface area (Å²) in [4.78, 5) is 13.4. The van der Waals surface area contributed by atoms with Crippen LogP contribution in [0.5, 0.6) is 5.75 Å². The number of nitrogens with one attached hydrogen (secondary N) is 1. The molecule has 5 heteroatoms. The Balaban J connectivity index is 1.47. The zero-order chi connectivity index (χ0) is 35.2. The second-order valence-electron chi connectivity index (χ2n) is 14.9. The average Bonchev–Trinajstić information content (AvgIpc) is 3.55. The van der Waals surface area contributed by atoms with Crippen molar-refractivity contribution in [1.82, 2.24) is 15.0 Å². The van der Waals surface area contributed by atoms with Crippen LogP contribution in [0.1, 0.15) is 58.2 Å². The van der Waals surface area contributed by atoms with Gasteiger partial charge in [-0.15, -0.1) is 0 Å². The molecule has 0 bridgehead atoms. The van der Waals surface area contributed by atoms with Crippen LogP contribution >= 0.6 is 0 Å². The zero-order valence-electron chi connectivity index (χ0n) is 29.3. The Morgan fingerprint density at radius 3 is 1.96 bits per heavy atom. The van der Waals surface area contributed by atoms with E-state index in [1.54, 1.807) is 0 Å². The van der Waals surface area contributed by atoms with Crippen molar-refractivity contribution >= 4 is 11.0 Å². The highest BCUT2D eigenvalue weighted by atomic mass is 16.3. The molecule has 0 atom stereocenters. The van der Waals surface area contributed by atoms with E-state index in [2.05, 4.69) is 89.0 Å². The maximum Gasteiger partial charge on any atom is 0.142 e. The van der Waals surface area contributed by atoms with Crippen molar-refractivity contribution in [3.63, 3.8) is 0 Å². The van der Waals surface area contributed by atoms with Crippen molar-refractivity contribution < 1.29 is 5.11 Å². The first-order valence-electron chi connectivity index (χ1n) is 17.0. The molecule has 0 aliphatic heterocycles. The molecule has 0 fully saturated rings. The van der Waals surface area contributed by atoms with Crippen LogP contribution in [-0.2, 0) is 10.8 Å². The van der Waals surface area contributed by atoms with E-state index in [0.29, 0.717) is 17.0 Å². The minimum Gasteiger partial charge on any atom is -0.507 e. The Kier molecular flexibility index (Phi) is 8.12. The number of fused-ring (bicyclic) bond motifs is 1. The van der Waals surface area contributed by atoms with E-state index in [9.17, 15) is 10.4 Å². The Morgan fingerprint density at radius 2 is 1.30 bits per heavy atom. The van der Waals surface area contributed by atoms with Crippen molar-refractivity contribution in [1.29, 1.82) is 5.26 Å². The van der Waals surface area contributed by atoms with Gasteiger partial charge in [0.25, 0.3) is 0 Å².